The fourth-order valence-corrected chi connectivity index (χ4v) is 1.42. The van der Waals surface area contributed by atoms with Crippen LogP contribution in [0.15, 0.2) is 0 Å². The molecule has 1 fully saturated rings. The molecule has 0 radical (unpaired) electrons. The van der Waals surface area contributed by atoms with E-state index in [4.69, 9.17) is 11.0 Å². The van der Waals surface area contributed by atoms with E-state index in [0.29, 0.717) is 0 Å². The molecule has 1 unspecified atom stereocenters. The summed E-state index contributed by atoms with van der Waals surface area (Å²) in [5.74, 6) is 0. The number of nitrogens with zero attached hydrogens (tertiary/aromatic N) is 2. The second kappa shape index (κ2) is 4.44. The summed E-state index contributed by atoms with van der Waals surface area (Å²) in [6, 6.07) is 2.52. The lowest BCUT2D eigenvalue weighted by atomic mass is 9.92. The van der Waals surface area contributed by atoms with Crippen molar-refractivity contribution >= 4 is 0 Å². The molecule has 1 saturated carbocycles. The van der Waals surface area contributed by atoms with Crippen LogP contribution in [0.4, 0.5) is 0 Å². The molecule has 1 rings (SSSR count). The Morgan fingerprint density at radius 3 is 2.75 bits per heavy atom. The Kier molecular flexibility index (Phi) is 3.51. The molecule has 3 heteroatoms. The highest BCUT2D eigenvalue weighted by molar-refractivity contribution is 4.87. The summed E-state index contributed by atoms with van der Waals surface area (Å²) >= 11 is 0. The van der Waals surface area contributed by atoms with Crippen molar-refractivity contribution in [2.24, 2.45) is 5.73 Å². The minimum Gasteiger partial charge on any atom is -0.316 e. The molecule has 68 valence electrons. The van der Waals surface area contributed by atoms with Crippen LogP contribution in [0.3, 0.4) is 0 Å². The Labute approximate surface area is 74.1 Å². The zero-order chi connectivity index (χ0) is 8.97. The van der Waals surface area contributed by atoms with Crippen LogP contribution < -0.4 is 5.73 Å². The lowest BCUT2D eigenvalue weighted by Crippen LogP contribution is -2.39. The van der Waals surface area contributed by atoms with Crippen molar-refractivity contribution < 1.29 is 0 Å². The predicted octanol–water partition coefficient (Wildman–Crippen LogP) is 0.712. The zero-order valence-corrected chi connectivity index (χ0v) is 7.66. The third kappa shape index (κ3) is 2.47. The van der Waals surface area contributed by atoms with Gasteiger partial charge >= 0.3 is 0 Å². The van der Waals surface area contributed by atoms with E-state index in [9.17, 15) is 0 Å². The molecule has 1 aliphatic rings. The molecule has 0 amide bonds. The van der Waals surface area contributed by atoms with Crippen LogP contribution in [0.5, 0.6) is 0 Å². The van der Waals surface area contributed by atoms with Gasteiger partial charge in [0.05, 0.1) is 12.1 Å². The number of hydrogen-bond donors (Lipinski definition) is 1. The maximum atomic E-state index is 8.46. The molecule has 0 aromatic carbocycles. The molecular formula is C9H17N3. The number of hydrogen-bond acceptors (Lipinski definition) is 3. The first-order valence-electron chi connectivity index (χ1n) is 4.59. The van der Waals surface area contributed by atoms with Gasteiger partial charge in [0.25, 0.3) is 0 Å². The van der Waals surface area contributed by atoms with Crippen molar-refractivity contribution in [2.45, 2.75) is 37.8 Å². The van der Waals surface area contributed by atoms with Crippen molar-refractivity contribution in [1.82, 2.24) is 4.90 Å². The van der Waals surface area contributed by atoms with Gasteiger partial charge in [0.15, 0.2) is 0 Å². The van der Waals surface area contributed by atoms with Crippen LogP contribution in [-0.2, 0) is 0 Å². The molecule has 0 spiro atoms. The summed E-state index contributed by atoms with van der Waals surface area (Å²) in [4.78, 5) is 2.32. The third-order valence-corrected chi connectivity index (χ3v) is 2.66. The molecule has 0 aromatic heterocycles. The van der Waals surface area contributed by atoms with Gasteiger partial charge < -0.3 is 10.6 Å². The zero-order valence-electron chi connectivity index (χ0n) is 7.66. The highest BCUT2D eigenvalue weighted by atomic mass is 15.1. The van der Waals surface area contributed by atoms with Crippen molar-refractivity contribution in [3.63, 3.8) is 0 Å². The third-order valence-electron chi connectivity index (χ3n) is 2.66. The second-order valence-corrected chi connectivity index (χ2v) is 3.59. The molecule has 12 heavy (non-hydrogen) atoms. The topological polar surface area (TPSA) is 53.0 Å². The first-order chi connectivity index (χ1) is 5.74. The average molecular weight is 167 g/mol. The van der Waals surface area contributed by atoms with E-state index in [1.165, 1.54) is 19.3 Å². The van der Waals surface area contributed by atoms with E-state index in [-0.39, 0.29) is 6.04 Å². The van der Waals surface area contributed by atoms with Crippen LogP contribution in [0, 0.1) is 11.3 Å². The summed E-state index contributed by atoms with van der Waals surface area (Å²) in [6.45, 7) is 0.958. The van der Waals surface area contributed by atoms with Gasteiger partial charge in [-0.05, 0) is 26.3 Å². The largest absolute Gasteiger partial charge is 0.316 e. The van der Waals surface area contributed by atoms with Gasteiger partial charge in [0.2, 0.25) is 0 Å². The molecular weight excluding hydrogens is 150 g/mol. The summed E-state index contributed by atoms with van der Waals surface area (Å²) in [5, 5.41) is 8.46. The van der Waals surface area contributed by atoms with E-state index in [1.54, 1.807) is 0 Å². The molecule has 0 heterocycles. The van der Waals surface area contributed by atoms with Crippen molar-refractivity contribution in [1.29, 1.82) is 5.26 Å². The molecule has 1 atom stereocenters. The quantitative estimate of drug-likeness (QED) is 0.671. The normalized spacial score (nSPS) is 20.2. The highest BCUT2D eigenvalue weighted by Gasteiger charge is 2.21. The molecule has 1 aliphatic carbocycles. The van der Waals surface area contributed by atoms with E-state index in [2.05, 4.69) is 11.9 Å². The van der Waals surface area contributed by atoms with Gasteiger partial charge in [-0.3, -0.25) is 0 Å². The molecule has 0 bridgehead atoms. The van der Waals surface area contributed by atoms with Crippen molar-refractivity contribution in [3.8, 4) is 6.07 Å². The summed E-state index contributed by atoms with van der Waals surface area (Å²) in [6.07, 6.45) is 4.79. The van der Waals surface area contributed by atoms with Crippen molar-refractivity contribution in [3.05, 3.63) is 0 Å². The average Bonchev–Trinajstić information content (AvgIpc) is 1.97. The number of rotatable bonds is 4. The molecule has 0 aromatic rings. The Morgan fingerprint density at radius 2 is 2.33 bits per heavy atom. The van der Waals surface area contributed by atoms with Gasteiger partial charge in [-0.2, -0.15) is 5.26 Å². The number of nitriles is 1. The maximum absolute atomic E-state index is 8.46. The van der Waals surface area contributed by atoms with E-state index in [0.717, 1.165) is 19.0 Å². The summed E-state index contributed by atoms with van der Waals surface area (Å²) < 4.78 is 0. The molecule has 3 nitrogen and oxygen atoms in total. The Morgan fingerprint density at radius 1 is 1.67 bits per heavy atom. The SMILES string of the molecule is CN(CCC(N)C#N)C1CCC1. The standard InChI is InChI=1S/C9H17N3/c1-12(9-3-2-4-9)6-5-8(11)7-10/h8-9H,2-6,11H2,1H3. The number of nitrogens with two attached hydrogens (primary N) is 1. The molecule has 2 N–H and O–H groups in total. The van der Waals surface area contributed by atoms with E-state index in [1.807, 2.05) is 6.07 Å². The van der Waals surface area contributed by atoms with Gasteiger partial charge in [-0.1, -0.05) is 6.42 Å². The fourth-order valence-electron chi connectivity index (χ4n) is 1.42. The van der Waals surface area contributed by atoms with Gasteiger partial charge in [0.1, 0.15) is 0 Å². The van der Waals surface area contributed by atoms with Crippen LogP contribution in [0.25, 0.3) is 0 Å². The van der Waals surface area contributed by atoms with Crippen LogP contribution in [0.1, 0.15) is 25.7 Å². The first-order valence-corrected chi connectivity index (χ1v) is 4.59. The second-order valence-electron chi connectivity index (χ2n) is 3.59. The van der Waals surface area contributed by atoms with Gasteiger partial charge in [0, 0.05) is 12.6 Å². The highest BCUT2D eigenvalue weighted by Crippen LogP contribution is 2.23. The lowest BCUT2D eigenvalue weighted by Gasteiger charge is -2.34. The van der Waals surface area contributed by atoms with Crippen molar-refractivity contribution in [2.75, 3.05) is 13.6 Å². The van der Waals surface area contributed by atoms with Gasteiger partial charge in [-0.15, -0.1) is 0 Å². The van der Waals surface area contributed by atoms with E-state index < -0.39 is 0 Å². The summed E-state index contributed by atoms with van der Waals surface area (Å²) in [5.41, 5.74) is 5.49. The van der Waals surface area contributed by atoms with Gasteiger partial charge in [-0.25, -0.2) is 0 Å². The van der Waals surface area contributed by atoms with Crippen LogP contribution in [0.2, 0.25) is 0 Å². The minimum atomic E-state index is -0.285. The molecule has 0 aliphatic heterocycles. The summed E-state index contributed by atoms with van der Waals surface area (Å²) in [7, 11) is 2.12. The smallest absolute Gasteiger partial charge is 0.0940 e. The van der Waals surface area contributed by atoms with Crippen LogP contribution in [-0.4, -0.2) is 30.6 Å². The Hall–Kier alpha value is -0.590. The monoisotopic (exact) mass is 167 g/mol. The fraction of sp³-hybridized carbons (Fsp3) is 0.889. The molecule has 0 saturated heterocycles. The first kappa shape index (κ1) is 9.50. The van der Waals surface area contributed by atoms with Crippen LogP contribution >= 0.6 is 0 Å². The Balaban J connectivity index is 2.10. The maximum Gasteiger partial charge on any atom is 0.0940 e. The lowest BCUT2D eigenvalue weighted by molar-refractivity contribution is 0.157. The van der Waals surface area contributed by atoms with E-state index >= 15 is 0 Å². The Bertz CT molecular complexity index is 169. The minimum absolute atomic E-state index is 0.285. The predicted molar refractivity (Wildman–Crippen MR) is 48.5 cm³/mol.